The predicted octanol–water partition coefficient (Wildman–Crippen LogP) is 6.28. The SMILES string of the molecule is Cl.Oc1ccc2oc(Br)c(-c3ccccc3)c2c1CNCc1ccccc1. The predicted molar refractivity (Wildman–Crippen MR) is 115 cm³/mol. The van der Waals surface area contributed by atoms with E-state index >= 15 is 0 Å². The van der Waals surface area contributed by atoms with Crippen LogP contribution in [-0.2, 0) is 13.1 Å². The second-order valence-electron chi connectivity index (χ2n) is 6.14. The summed E-state index contributed by atoms with van der Waals surface area (Å²) in [6.07, 6.45) is 0. The second-order valence-corrected chi connectivity index (χ2v) is 6.86. The molecule has 0 saturated carbocycles. The molecule has 0 aliphatic heterocycles. The Labute approximate surface area is 172 Å². The van der Waals surface area contributed by atoms with Crippen LogP contribution in [-0.4, -0.2) is 5.11 Å². The normalized spacial score (nSPS) is 10.7. The summed E-state index contributed by atoms with van der Waals surface area (Å²) in [5.41, 5.74) is 4.81. The molecule has 0 atom stereocenters. The van der Waals surface area contributed by atoms with E-state index in [2.05, 4.69) is 33.4 Å². The number of hydrogen-bond donors (Lipinski definition) is 2. The summed E-state index contributed by atoms with van der Waals surface area (Å²) in [4.78, 5) is 0. The number of furan rings is 1. The van der Waals surface area contributed by atoms with Gasteiger partial charge in [-0.15, -0.1) is 12.4 Å². The van der Waals surface area contributed by atoms with Gasteiger partial charge < -0.3 is 14.8 Å². The molecule has 3 aromatic carbocycles. The number of phenolic OH excluding ortho intramolecular Hbond substituents is 1. The lowest BCUT2D eigenvalue weighted by molar-refractivity contribution is 0.465. The number of nitrogens with one attached hydrogen (secondary N) is 1. The zero-order chi connectivity index (χ0) is 17.9. The third-order valence-electron chi connectivity index (χ3n) is 4.43. The van der Waals surface area contributed by atoms with Crippen molar-refractivity contribution in [1.29, 1.82) is 0 Å². The van der Waals surface area contributed by atoms with Crippen molar-refractivity contribution in [3.63, 3.8) is 0 Å². The van der Waals surface area contributed by atoms with E-state index in [-0.39, 0.29) is 18.2 Å². The van der Waals surface area contributed by atoms with E-state index in [0.29, 0.717) is 11.2 Å². The van der Waals surface area contributed by atoms with Crippen LogP contribution in [0, 0.1) is 0 Å². The Morgan fingerprint density at radius 3 is 2.22 bits per heavy atom. The van der Waals surface area contributed by atoms with Gasteiger partial charge >= 0.3 is 0 Å². The van der Waals surface area contributed by atoms with E-state index in [0.717, 1.165) is 34.2 Å². The van der Waals surface area contributed by atoms with Crippen LogP contribution in [0.2, 0.25) is 0 Å². The Hall–Kier alpha value is -2.27. The van der Waals surface area contributed by atoms with Gasteiger partial charge in [0.25, 0.3) is 0 Å². The highest BCUT2D eigenvalue weighted by molar-refractivity contribution is 9.10. The molecular formula is C22H19BrClNO2. The Morgan fingerprint density at radius 1 is 0.852 bits per heavy atom. The molecule has 0 aliphatic carbocycles. The van der Waals surface area contributed by atoms with Gasteiger partial charge in [-0.1, -0.05) is 60.7 Å². The second kappa shape index (κ2) is 8.61. The van der Waals surface area contributed by atoms with Crippen molar-refractivity contribution in [2.45, 2.75) is 13.1 Å². The van der Waals surface area contributed by atoms with Crippen LogP contribution in [0.15, 0.2) is 81.9 Å². The molecule has 0 unspecified atom stereocenters. The van der Waals surface area contributed by atoms with Crippen molar-refractivity contribution < 1.29 is 9.52 Å². The fourth-order valence-corrected chi connectivity index (χ4v) is 3.79. The van der Waals surface area contributed by atoms with Gasteiger partial charge in [0.05, 0.1) is 0 Å². The molecule has 4 aromatic rings. The Balaban J connectivity index is 0.00000210. The molecule has 0 fully saturated rings. The number of hydrogen-bond acceptors (Lipinski definition) is 3. The van der Waals surface area contributed by atoms with Crippen molar-refractivity contribution in [1.82, 2.24) is 5.32 Å². The molecule has 0 bridgehead atoms. The summed E-state index contributed by atoms with van der Waals surface area (Å²) in [5.74, 6) is 0.267. The zero-order valence-corrected chi connectivity index (χ0v) is 16.9. The minimum atomic E-state index is 0. The van der Waals surface area contributed by atoms with Crippen molar-refractivity contribution in [3.05, 3.63) is 88.6 Å². The summed E-state index contributed by atoms with van der Waals surface area (Å²) >= 11 is 3.54. The standard InChI is InChI=1S/C22H18BrNO2.ClH/c23-22-20(16-9-5-2-6-10-16)21-17(18(25)11-12-19(21)26-22)14-24-13-15-7-3-1-4-8-15;/h1-12,24-25H,13-14H2;1H. The quantitative estimate of drug-likeness (QED) is 0.381. The smallest absolute Gasteiger partial charge is 0.178 e. The zero-order valence-electron chi connectivity index (χ0n) is 14.5. The summed E-state index contributed by atoms with van der Waals surface area (Å²) in [6.45, 7) is 1.28. The van der Waals surface area contributed by atoms with Crippen LogP contribution < -0.4 is 5.32 Å². The number of phenols is 1. The van der Waals surface area contributed by atoms with Crippen LogP contribution >= 0.6 is 28.3 Å². The highest BCUT2D eigenvalue weighted by Crippen LogP contribution is 2.42. The number of benzene rings is 3. The molecule has 1 heterocycles. The number of rotatable bonds is 5. The van der Waals surface area contributed by atoms with Gasteiger partial charge in [0.1, 0.15) is 11.3 Å². The lowest BCUT2D eigenvalue weighted by Crippen LogP contribution is -2.13. The van der Waals surface area contributed by atoms with Gasteiger partial charge in [0, 0.05) is 29.6 Å². The third-order valence-corrected chi connectivity index (χ3v) is 4.99. The van der Waals surface area contributed by atoms with Gasteiger partial charge in [-0.3, -0.25) is 0 Å². The van der Waals surface area contributed by atoms with Crippen LogP contribution in [0.5, 0.6) is 5.75 Å². The van der Waals surface area contributed by atoms with E-state index < -0.39 is 0 Å². The van der Waals surface area contributed by atoms with E-state index in [1.807, 2.05) is 54.6 Å². The molecule has 0 amide bonds. The summed E-state index contributed by atoms with van der Waals surface area (Å²) in [6, 6.07) is 23.8. The van der Waals surface area contributed by atoms with Gasteiger partial charge in [-0.25, -0.2) is 0 Å². The molecule has 0 aliphatic rings. The molecule has 1 aromatic heterocycles. The van der Waals surface area contributed by atoms with Gasteiger partial charge in [-0.2, -0.15) is 0 Å². The van der Waals surface area contributed by atoms with Crippen LogP contribution in [0.4, 0.5) is 0 Å². The fraction of sp³-hybridized carbons (Fsp3) is 0.0909. The number of fused-ring (bicyclic) bond motifs is 1. The van der Waals surface area contributed by atoms with Crippen LogP contribution in [0.1, 0.15) is 11.1 Å². The van der Waals surface area contributed by atoms with E-state index in [9.17, 15) is 5.11 Å². The maximum absolute atomic E-state index is 10.5. The first-order valence-electron chi connectivity index (χ1n) is 8.47. The molecule has 27 heavy (non-hydrogen) atoms. The minimum absolute atomic E-state index is 0. The molecule has 0 saturated heterocycles. The lowest BCUT2D eigenvalue weighted by atomic mass is 10.00. The largest absolute Gasteiger partial charge is 0.508 e. The van der Waals surface area contributed by atoms with Gasteiger partial charge in [-0.05, 0) is 39.2 Å². The molecule has 0 spiro atoms. The highest BCUT2D eigenvalue weighted by Gasteiger charge is 2.19. The third kappa shape index (κ3) is 4.03. The molecule has 4 rings (SSSR count). The Kier molecular flexibility index (Phi) is 6.22. The van der Waals surface area contributed by atoms with Crippen molar-refractivity contribution in [2.75, 3.05) is 0 Å². The van der Waals surface area contributed by atoms with Gasteiger partial charge in [0.15, 0.2) is 4.67 Å². The lowest BCUT2D eigenvalue weighted by Gasteiger charge is -2.10. The van der Waals surface area contributed by atoms with Crippen LogP contribution in [0.3, 0.4) is 0 Å². The Morgan fingerprint density at radius 2 is 1.52 bits per heavy atom. The van der Waals surface area contributed by atoms with E-state index in [1.54, 1.807) is 6.07 Å². The summed E-state index contributed by atoms with van der Waals surface area (Å²) in [7, 11) is 0. The summed E-state index contributed by atoms with van der Waals surface area (Å²) < 4.78 is 6.57. The molecule has 3 nitrogen and oxygen atoms in total. The molecule has 138 valence electrons. The van der Waals surface area contributed by atoms with Crippen LogP contribution in [0.25, 0.3) is 22.1 Å². The number of halogens is 2. The maximum Gasteiger partial charge on any atom is 0.178 e. The monoisotopic (exact) mass is 443 g/mol. The first kappa shape index (κ1) is 19.5. The fourth-order valence-electron chi connectivity index (χ4n) is 3.19. The van der Waals surface area contributed by atoms with Crippen molar-refractivity contribution >= 4 is 39.3 Å². The molecule has 5 heteroatoms. The molecular weight excluding hydrogens is 426 g/mol. The topological polar surface area (TPSA) is 45.4 Å². The maximum atomic E-state index is 10.5. The molecule has 2 N–H and O–H groups in total. The van der Waals surface area contributed by atoms with Crippen molar-refractivity contribution in [2.24, 2.45) is 0 Å². The first-order valence-corrected chi connectivity index (χ1v) is 9.26. The molecule has 0 radical (unpaired) electrons. The van der Waals surface area contributed by atoms with Crippen molar-refractivity contribution in [3.8, 4) is 16.9 Å². The average Bonchev–Trinajstić information content (AvgIpc) is 3.01. The Bertz CT molecular complexity index is 1030. The summed E-state index contributed by atoms with van der Waals surface area (Å²) in [5, 5.41) is 14.8. The number of aromatic hydroxyl groups is 1. The van der Waals surface area contributed by atoms with E-state index in [4.69, 9.17) is 4.42 Å². The minimum Gasteiger partial charge on any atom is -0.508 e. The van der Waals surface area contributed by atoms with Gasteiger partial charge in [0.2, 0.25) is 0 Å². The van der Waals surface area contributed by atoms with E-state index in [1.165, 1.54) is 5.56 Å². The highest BCUT2D eigenvalue weighted by atomic mass is 79.9. The first-order chi connectivity index (χ1) is 12.7. The average molecular weight is 445 g/mol.